The van der Waals surface area contributed by atoms with Gasteiger partial charge in [0.05, 0.1) is 6.61 Å². The summed E-state index contributed by atoms with van der Waals surface area (Å²) in [5, 5.41) is 2.70. The van der Waals surface area contributed by atoms with Gasteiger partial charge in [0.25, 0.3) is 5.91 Å². The van der Waals surface area contributed by atoms with E-state index < -0.39 is 0 Å². The van der Waals surface area contributed by atoms with E-state index in [4.69, 9.17) is 9.47 Å². The maximum atomic E-state index is 11.6. The Labute approximate surface area is 125 Å². The number of hydrogen-bond donors (Lipinski definition) is 1. The molecule has 0 bridgehead atoms. The predicted molar refractivity (Wildman–Crippen MR) is 80.2 cm³/mol. The molecule has 0 unspecified atom stereocenters. The van der Waals surface area contributed by atoms with Gasteiger partial charge in [0.2, 0.25) is 0 Å². The van der Waals surface area contributed by atoms with Crippen LogP contribution in [0.2, 0.25) is 0 Å². The minimum absolute atomic E-state index is 0.0229. The van der Waals surface area contributed by atoms with Crippen LogP contribution in [0.5, 0.6) is 5.75 Å². The lowest BCUT2D eigenvalue weighted by Crippen LogP contribution is -2.30. The Morgan fingerprint density at radius 1 is 1.14 bits per heavy atom. The number of esters is 1. The van der Waals surface area contributed by atoms with Gasteiger partial charge in [-0.2, -0.15) is 0 Å². The van der Waals surface area contributed by atoms with Gasteiger partial charge in [0.1, 0.15) is 5.75 Å². The van der Waals surface area contributed by atoms with E-state index in [0.717, 1.165) is 6.42 Å². The molecule has 0 atom stereocenters. The van der Waals surface area contributed by atoms with Crippen LogP contribution >= 0.6 is 0 Å². The molecule has 0 saturated carbocycles. The molecule has 0 aliphatic rings. The summed E-state index contributed by atoms with van der Waals surface area (Å²) in [5.41, 5.74) is 1.23. The molecule has 0 heterocycles. The number of amides is 1. The fourth-order valence-corrected chi connectivity index (χ4v) is 1.71. The van der Waals surface area contributed by atoms with Gasteiger partial charge in [-0.3, -0.25) is 9.59 Å². The van der Waals surface area contributed by atoms with Gasteiger partial charge in [0.15, 0.2) is 6.61 Å². The summed E-state index contributed by atoms with van der Waals surface area (Å²) >= 11 is 0. The molecule has 0 aromatic heterocycles. The van der Waals surface area contributed by atoms with E-state index >= 15 is 0 Å². The van der Waals surface area contributed by atoms with E-state index in [-0.39, 0.29) is 18.5 Å². The Bertz CT molecular complexity index is 442. The third-order valence-electron chi connectivity index (χ3n) is 2.89. The molecule has 0 aliphatic heterocycles. The number of benzene rings is 1. The average molecular weight is 293 g/mol. The monoisotopic (exact) mass is 293 g/mol. The maximum Gasteiger partial charge on any atom is 0.305 e. The lowest BCUT2D eigenvalue weighted by Gasteiger charge is -2.08. The molecular weight excluding hydrogens is 270 g/mol. The summed E-state index contributed by atoms with van der Waals surface area (Å²) in [7, 11) is 0. The van der Waals surface area contributed by atoms with Crippen molar-refractivity contribution < 1.29 is 19.1 Å². The second kappa shape index (κ2) is 9.80. The van der Waals surface area contributed by atoms with Crippen LogP contribution in [-0.2, 0) is 20.7 Å². The summed E-state index contributed by atoms with van der Waals surface area (Å²) in [6, 6.07) is 7.67. The Hall–Kier alpha value is -2.04. The Morgan fingerprint density at radius 3 is 2.48 bits per heavy atom. The molecule has 5 nitrogen and oxygen atoms in total. The standard InChI is InChI=1S/C16H23NO4/c1-3-13-7-9-14(10-8-13)21-12-15(18)17-11-5-6-16(19)20-4-2/h7-10H,3-6,11-12H2,1-2H3,(H,17,18). The van der Waals surface area contributed by atoms with E-state index in [1.165, 1.54) is 5.56 Å². The van der Waals surface area contributed by atoms with Crippen molar-refractivity contribution in [1.82, 2.24) is 5.32 Å². The van der Waals surface area contributed by atoms with Crippen LogP contribution < -0.4 is 10.1 Å². The fraction of sp³-hybridized carbons (Fsp3) is 0.500. The van der Waals surface area contributed by atoms with Crippen molar-refractivity contribution in [2.45, 2.75) is 33.1 Å². The van der Waals surface area contributed by atoms with Crippen molar-refractivity contribution in [1.29, 1.82) is 0 Å². The van der Waals surface area contributed by atoms with Crippen molar-refractivity contribution in [3.05, 3.63) is 29.8 Å². The summed E-state index contributed by atoms with van der Waals surface area (Å²) in [6.45, 7) is 4.65. The molecule has 21 heavy (non-hydrogen) atoms. The molecular formula is C16H23NO4. The second-order valence-corrected chi connectivity index (χ2v) is 4.54. The number of ether oxygens (including phenoxy) is 2. The van der Waals surface area contributed by atoms with Gasteiger partial charge in [-0.15, -0.1) is 0 Å². The topological polar surface area (TPSA) is 64.6 Å². The SMILES string of the molecule is CCOC(=O)CCCNC(=O)COc1ccc(CC)cc1. The molecule has 1 N–H and O–H groups in total. The number of hydrogen-bond acceptors (Lipinski definition) is 4. The predicted octanol–water partition coefficient (Wildman–Crippen LogP) is 2.09. The van der Waals surface area contributed by atoms with Crippen LogP contribution in [0.15, 0.2) is 24.3 Å². The largest absolute Gasteiger partial charge is 0.484 e. The Balaban J connectivity index is 2.14. The van der Waals surface area contributed by atoms with E-state index in [2.05, 4.69) is 12.2 Å². The molecule has 0 saturated heterocycles. The lowest BCUT2D eigenvalue weighted by molar-refractivity contribution is -0.143. The van der Waals surface area contributed by atoms with Crippen LogP contribution in [0.1, 0.15) is 32.3 Å². The molecule has 116 valence electrons. The van der Waals surface area contributed by atoms with Crippen LogP contribution in [0.3, 0.4) is 0 Å². The van der Waals surface area contributed by atoms with Crippen LogP contribution in [-0.4, -0.2) is 31.6 Å². The third kappa shape index (κ3) is 7.34. The minimum atomic E-state index is -0.237. The minimum Gasteiger partial charge on any atom is -0.484 e. The zero-order valence-corrected chi connectivity index (χ0v) is 12.7. The lowest BCUT2D eigenvalue weighted by atomic mass is 10.2. The van der Waals surface area contributed by atoms with Crippen molar-refractivity contribution in [3.8, 4) is 5.75 Å². The zero-order valence-electron chi connectivity index (χ0n) is 12.7. The fourth-order valence-electron chi connectivity index (χ4n) is 1.71. The quantitative estimate of drug-likeness (QED) is 0.559. The number of rotatable bonds is 9. The van der Waals surface area contributed by atoms with Gasteiger partial charge in [-0.05, 0) is 37.5 Å². The first-order valence-corrected chi connectivity index (χ1v) is 7.29. The van der Waals surface area contributed by atoms with Crippen LogP contribution in [0, 0.1) is 0 Å². The highest BCUT2D eigenvalue weighted by Gasteiger charge is 2.04. The number of nitrogens with one attached hydrogen (secondary N) is 1. The van der Waals surface area contributed by atoms with E-state index in [1.807, 2.05) is 24.3 Å². The molecule has 1 aromatic rings. The van der Waals surface area contributed by atoms with E-state index in [9.17, 15) is 9.59 Å². The molecule has 1 rings (SSSR count). The summed E-state index contributed by atoms with van der Waals surface area (Å²) in [6.07, 6.45) is 1.85. The molecule has 0 fully saturated rings. The number of carbonyl (C=O) groups excluding carboxylic acids is 2. The van der Waals surface area contributed by atoms with Gasteiger partial charge in [0, 0.05) is 13.0 Å². The van der Waals surface area contributed by atoms with Gasteiger partial charge < -0.3 is 14.8 Å². The summed E-state index contributed by atoms with van der Waals surface area (Å²) < 4.78 is 10.2. The normalized spacial score (nSPS) is 10.0. The zero-order chi connectivity index (χ0) is 15.5. The van der Waals surface area contributed by atoms with E-state index in [1.54, 1.807) is 6.92 Å². The molecule has 1 aromatic carbocycles. The van der Waals surface area contributed by atoms with Crippen LogP contribution in [0.25, 0.3) is 0 Å². The highest BCUT2D eigenvalue weighted by atomic mass is 16.5. The maximum absolute atomic E-state index is 11.6. The van der Waals surface area contributed by atoms with Gasteiger partial charge in [-0.25, -0.2) is 0 Å². The molecule has 1 amide bonds. The Kier molecular flexibility index (Phi) is 7.94. The number of aryl methyl sites for hydroxylation is 1. The first kappa shape index (κ1) is 17.0. The summed E-state index contributed by atoms with van der Waals surface area (Å²) in [5.74, 6) is 0.242. The second-order valence-electron chi connectivity index (χ2n) is 4.54. The summed E-state index contributed by atoms with van der Waals surface area (Å²) in [4.78, 5) is 22.6. The third-order valence-corrected chi connectivity index (χ3v) is 2.89. The smallest absolute Gasteiger partial charge is 0.305 e. The average Bonchev–Trinajstić information content (AvgIpc) is 2.50. The first-order valence-electron chi connectivity index (χ1n) is 7.29. The number of carbonyl (C=O) groups is 2. The van der Waals surface area contributed by atoms with Crippen molar-refractivity contribution in [2.75, 3.05) is 19.8 Å². The highest BCUT2D eigenvalue weighted by molar-refractivity contribution is 5.77. The van der Waals surface area contributed by atoms with Crippen LogP contribution in [0.4, 0.5) is 0 Å². The van der Waals surface area contributed by atoms with Crippen molar-refractivity contribution in [3.63, 3.8) is 0 Å². The Morgan fingerprint density at radius 2 is 1.86 bits per heavy atom. The molecule has 0 spiro atoms. The molecule has 0 aliphatic carbocycles. The van der Waals surface area contributed by atoms with Gasteiger partial charge >= 0.3 is 5.97 Å². The highest BCUT2D eigenvalue weighted by Crippen LogP contribution is 2.12. The first-order chi connectivity index (χ1) is 10.2. The molecule has 5 heteroatoms. The molecule has 0 radical (unpaired) electrons. The van der Waals surface area contributed by atoms with E-state index in [0.29, 0.717) is 31.7 Å². The van der Waals surface area contributed by atoms with Crippen molar-refractivity contribution >= 4 is 11.9 Å². The van der Waals surface area contributed by atoms with Gasteiger partial charge in [-0.1, -0.05) is 19.1 Å². The van der Waals surface area contributed by atoms with Crippen molar-refractivity contribution in [2.24, 2.45) is 0 Å².